The molecule has 1 amide bonds. The van der Waals surface area contributed by atoms with Crippen LogP contribution in [0.2, 0.25) is 0 Å². The number of piperazine rings is 1. The number of carbonyl (C=O) groups excluding carboxylic acids is 1. The van der Waals surface area contributed by atoms with Gasteiger partial charge in [0, 0.05) is 44.0 Å². The molecule has 4 rings (SSSR count). The number of carbonyl (C=O) groups is 1. The summed E-state index contributed by atoms with van der Waals surface area (Å²) in [5.41, 5.74) is 1.75. The van der Waals surface area contributed by atoms with Gasteiger partial charge < -0.3 is 14.6 Å². The summed E-state index contributed by atoms with van der Waals surface area (Å²) in [5, 5.41) is 2.68. The lowest BCUT2D eigenvalue weighted by Gasteiger charge is -2.31. The quantitative estimate of drug-likeness (QED) is 0.630. The molecule has 1 N–H and O–H groups in total. The number of para-hydroxylation sites is 2. The minimum atomic E-state index is -3.60. The van der Waals surface area contributed by atoms with Crippen LogP contribution in [-0.4, -0.2) is 61.7 Å². The number of benzene rings is 2. The molecular formula is C21H22N4O4S. The highest BCUT2D eigenvalue weighted by atomic mass is 32.2. The zero-order valence-electron chi connectivity index (χ0n) is 16.5. The van der Waals surface area contributed by atoms with Crippen molar-refractivity contribution in [2.45, 2.75) is 4.90 Å². The standard InChI is InChI=1S/C21H22N4O4S/c1-24-11-13-25(14-12-24)30(27,28)17-6-4-5-16(15-17)22-20(26)9-10-21-23-18-7-2-3-8-19(18)29-21/h2-10,15H,11-14H2,1H3,(H,22,26)/b10-9+. The summed E-state index contributed by atoms with van der Waals surface area (Å²) in [6.45, 7) is 2.28. The molecule has 0 spiro atoms. The van der Waals surface area contributed by atoms with Crippen LogP contribution in [0.3, 0.4) is 0 Å². The van der Waals surface area contributed by atoms with Crippen LogP contribution < -0.4 is 5.32 Å². The van der Waals surface area contributed by atoms with Gasteiger partial charge in [-0.15, -0.1) is 0 Å². The maximum atomic E-state index is 12.9. The number of anilines is 1. The number of oxazole rings is 1. The Morgan fingerprint density at radius 2 is 1.87 bits per heavy atom. The number of aromatic nitrogens is 1. The Kier molecular flexibility index (Phi) is 5.67. The molecule has 1 fully saturated rings. The predicted molar refractivity (Wildman–Crippen MR) is 114 cm³/mol. The average Bonchev–Trinajstić information content (AvgIpc) is 3.16. The molecule has 2 aromatic carbocycles. The van der Waals surface area contributed by atoms with E-state index in [4.69, 9.17) is 4.42 Å². The number of sulfonamides is 1. The Bertz CT molecular complexity index is 1160. The third-order valence-corrected chi connectivity index (χ3v) is 6.78. The van der Waals surface area contributed by atoms with E-state index in [1.54, 1.807) is 18.2 Å². The van der Waals surface area contributed by atoms with E-state index in [-0.39, 0.29) is 4.90 Å². The zero-order chi connectivity index (χ0) is 21.1. The van der Waals surface area contributed by atoms with Crippen molar-refractivity contribution in [1.82, 2.24) is 14.2 Å². The monoisotopic (exact) mass is 426 g/mol. The van der Waals surface area contributed by atoms with E-state index in [9.17, 15) is 13.2 Å². The Balaban J connectivity index is 1.45. The lowest BCUT2D eigenvalue weighted by Crippen LogP contribution is -2.47. The van der Waals surface area contributed by atoms with Gasteiger partial charge in [-0.05, 0) is 37.4 Å². The third kappa shape index (κ3) is 4.43. The summed E-state index contributed by atoms with van der Waals surface area (Å²) in [6.07, 6.45) is 2.77. The molecule has 1 saturated heterocycles. The van der Waals surface area contributed by atoms with Gasteiger partial charge in [0.2, 0.25) is 21.8 Å². The van der Waals surface area contributed by atoms with Crippen molar-refractivity contribution in [3.05, 3.63) is 60.5 Å². The molecule has 2 heterocycles. The molecule has 1 aliphatic rings. The summed E-state index contributed by atoms with van der Waals surface area (Å²) in [5.74, 6) is -0.0934. The van der Waals surface area contributed by atoms with Gasteiger partial charge in [-0.25, -0.2) is 13.4 Å². The summed E-state index contributed by atoms with van der Waals surface area (Å²) >= 11 is 0. The summed E-state index contributed by atoms with van der Waals surface area (Å²) in [7, 11) is -1.63. The molecule has 1 aromatic heterocycles. The molecule has 0 radical (unpaired) electrons. The van der Waals surface area contributed by atoms with Crippen LogP contribution in [0.15, 0.2) is 63.9 Å². The molecule has 8 nitrogen and oxygen atoms in total. The van der Waals surface area contributed by atoms with E-state index in [1.807, 2.05) is 25.2 Å². The zero-order valence-corrected chi connectivity index (χ0v) is 17.3. The van der Waals surface area contributed by atoms with Crippen LogP contribution in [0.25, 0.3) is 17.2 Å². The van der Waals surface area contributed by atoms with Gasteiger partial charge in [-0.1, -0.05) is 18.2 Å². The van der Waals surface area contributed by atoms with E-state index in [2.05, 4.69) is 15.2 Å². The number of hydrogen-bond acceptors (Lipinski definition) is 6. The molecule has 3 aromatic rings. The van der Waals surface area contributed by atoms with Crippen LogP contribution in [0, 0.1) is 0 Å². The molecule has 0 aliphatic carbocycles. The topological polar surface area (TPSA) is 95.8 Å². The summed E-state index contributed by atoms with van der Waals surface area (Å²) in [4.78, 5) is 18.8. The molecule has 156 valence electrons. The summed E-state index contributed by atoms with van der Waals surface area (Å²) < 4.78 is 32.8. The maximum absolute atomic E-state index is 12.9. The van der Waals surface area contributed by atoms with Gasteiger partial charge in [0.15, 0.2) is 5.58 Å². The Morgan fingerprint density at radius 3 is 2.63 bits per heavy atom. The fourth-order valence-corrected chi connectivity index (χ4v) is 4.67. The highest BCUT2D eigenvalue weighted by Gasteiger charge is 2.27. The van der Waals surface area contributed by atoms with Gasteiger partial charge in [0.05, 0.1) is 4.90 Å². The van der Waals surface area contributed by atoms with E-state index >= 15 is 0 Å². The van der Waals surface area contributed by atoms with Gasteiger partial charge in [-0.3, -0.25) is 4.79 Å². The van der Waals surface area contributed by atoms with E-state index in [1.165, 1.54) is 28.6 Å². The van der Waals surface area contributed by atoms with E-state index in [0.29, 0.717) is 48.9 Å². The molecular weight excluding hydrogens is 404 g/mol. The van der Waals surface area contributed by atoms with Crippen molar-refractivity contribution < 1.29 is 17.6 Å². The maximum Gasteiger partial charge on any atom is 0.248 e. The molecule has 30 heavy (non-hydrogen) atoms. The molecule has 0 bridgehead atoms. The second kappa shape index (κ2) is 8.39. The van der Waals surface area contributed by atoms with Gasteiger partial charge in [0.1, 0.15) is 5.52 Å². The van der Waals surface area contributed by atoms with E-state index < -0.39 is 15.9 Å². The molecule has 0 atom stereocenters. The largest absolute Gasteiger partial charge is 0.437 e. The Morgan fingerprint density at radius 1 is 1.10 bits per heavy atom. The number of likely N-dealkylation sites (N-methyl/N-ethyl adjacent to an activating group) is 1. The molecule has 1 aliphatic heterocycles. The van der Waals surface area contributed by atoms with Crippen LogP contribution in [-0.2, 0) is 14.8 Å². The second-order valence-corrected chi connectivity index (χ2v) is 9.02. The number of hydrogen-bond donors (Lipinski definition) is 1. The van der Waals surface area contributed by atoms with Crippen molar-refractivity contribution in [1.29, 1.82) is 0 Å². The van der Waals surface area contributed by atoms with Crippen molar-refractivity contribution in [2.24, 2.45) is 0 Å². The van der Waals surface area contributed by atoms with Crippen molar-refractivity contribution in [2.75, 3.05) is 38.5 Å². The first-order valence-corrected chi connectivity index (χ1v) is 11.0. The minimum Gasteiger partial charge on any atom is -0.437 e. The van der Waals surface area contributed by atoms with Crippen LogP contribution in [0.4, 0.5) is 5.69 Å². The lowest BCUT2D eigenvalue weighted by molar-refractivity contribution is -0.111. The summed E-state index contributed by atoms with van der Waals surface area (Å²) in [6, 6.07) is 13.6. The normalized spacial score (nSPS) is 16.3. The fraction of sp³-hybridized carbons (Fsp3) is 0.238. The van der Waals surface area contributed by atoms with Crippen molar-refractivity contribution in [3.63, 3.8) is 0 Å². The fourth-order valence-electron chi connectivity index (χ4n) is 3.20. The first-order valence-electron chi connectivity index (χ1n) is 9.55. The Labute approximate surface area is 174 Å². The predicted octanol–water partition coefficient (Wildman–Crippen LogP) is 2.42. The number of fused-ring (bicyclic) bond motifs is 1. The molecule has 9 heteroatoms. The highest BCUT2D eigenvalue weighted by molar-refractivity contribution is 7.89. The number of nitrogens with zero attached hydrogens (tertiary/aromatic N) is 3. The average molecular weight is 426 g/mol. The second-order valence-electron chi connectivity index (χ2n) is 7.08. The van der Waals surface area contributed by atoms with Crippen LogP contribution in [0.1, 0.15) is 5.89 Å². The first-order chi connectivity index (χ1) is 14.4. The SMILES string of the molecule is CN1CCN(S(=O)(=O)c2cccc(NC(=O)/C=C/c3nc4ccccc4o3)c2)CC1. The number of nitrogens with one attached hydrogen (secondary N) is 1. The van der Waals surface area contributed by atoms with Crippen molar-refractivity contribution in [3.8, 4) is 0 Å². The van der Waals surface area contributed by atoms with Gasteiger partial charge in [0.25, 0.3) is 0 Å². The van der Waals surface area contributed by atoms with Crippen LogP contribution in [0.5, 0.6) is 0 Å². The number of amides is 1. The lowest BCUT2D eigenvalue weighted by atomic mass is 10.3. The molecule has 0 unspecified atom stereocenters. The Hall–Kier alpha value is -3.01. The van der Waals surface area contributed by atoms with E-state index in [0.717, 1.165) is 0 Å². The van der Waals surface area contributed by atoms with Crippen LogP contribution >= 0.6 is 0 Å². The van der Waals surface area contributed by atoms with Gasteiger partial charge >= 0.3 is 0 Å². The highest BCUT2D eigenvalue weighted by Crippen LogP contribution is 2.21. The smallest absolute Gasteiger partial charge is 0.248 e. The first kappa shape index (κ1) is 20.3. The minimum absolute atomic E-state index is 0.160. The number of rotatable bonds is 5. The molecule has 0 saturated carbocycles. The van der Waals surface area contributed by atoms with Gasteiger partial charge in [-0.2, -0.15) is 4.31 Å². The third-order valence-electron chi connectivity index (χ3n) is 4.89. The van der Waals surface area contributed by atoms with Crippen molar-refractivity contribution >= 4 is 38.8 Å².